The summed E-state index contributed by atoms with van der Waals surface area (Å²) in [6.07, 6.45) is 1.65. The van der Waals surface area contributed by atoms with Crippen LogP contribution in [-0.2, 0) is 11.3 Å². The van der Waals surface area contributed by atoms with Crippen molar-refractivity contribution >= 4 is 22.7 Å². The third-order valence-corrected chi connectivity index (χ3v) is 6.61. The zero-order valence-corrected chi connectivity index (χ0v) is 18.1. The highest BCUT2D eigenvalue weighted by molar-refractivity contribution is 5.98. The molecular weight excluding hydrogens is 406 g/mol. The van der Waals surface area contributed by atoms with E-state index < -0.39 is 0 Å². The first-order chi connectivity index (χ1) is 15.6. The topological polar surface area (TPSA) is 83.7 Å². The standard InChI is InChI=1S/C25H27N3O4/c1-16(24(29)26-14-17-6-7-22-23(12-17)32-15-31-22)18-8-10-28(11-9-18)25(30)21-13-19-4-2-3-5-20(19)27-21/h2-7,12-13,16,18,27H,8-11,14-15H2,1H3,(H,26,29)/t16-/m0/s1. The van der Waals surface area contributed by atoms with Gasteiger partial charge in [0, 0.05) is 36.5 Å². The van der Waals surface area contributed by atoms with Crippen LogP contribution in [0.5, 0.6) is 11.5 Å². The van der Waals surface area contributed by atoms with Crippen LogP contribution in [0.4, 0.5) is 0 Å². The molecule has 3 heterocycles. The predicted molar refractivity (Wildman–Crippen MR) is 121 cm³/mol. The molecule has 3 aromatic rings. The fraction of sp³-hybridized carbons (Fsp3) is 0.360. The van der Waals surface area contributed by atoms with Crippen molar-refractivity contribution in [1.29, 1.82) is 0 Å². The van der Waals surface area contributed by atoms with Crippen molar-refractivity contribution in [1.82, 2.24) is 15.2 Å². The molecule has 0 saturated carbocycles. The first-order valence-electron chi connectivity index (χ1n) is 11.1. The Hall–Kier alpha value is -3.48. The lowest BCUT2D eigenvalue weighted by Gasteiger charge is -2.34. The number of benzene rings is 2. The van der Waals surface area contributed by atoms with Crippen molar-refractivity contribution in [2.75, 3.05) is 19.9 Å². The van der Waals surface area contributed by atoms with E-state index in [1.807, 2.05) is 60.4 Å². The number of nitrogens with one attached hydrogen (secondary N) is 2. The first kappa shape index (κ1) is 20.4. The number of hydrogen-bond donors (Lipinski definition) is 2. The minimum Gasteiger partial charge on any atom is -0.454 e. The molecule has 0 aliphatic carbocycles. The molecule has 7 heteroatoms. The van der Waals surface area contributed by atoms with Crippen molar-refractivity contribution in [2.45, 2.75) is 26.3 Å². The molecule has 0 bridgehead atoms. The number of carbonyl (C=O) groups is 2. The summed E-state index contributed by atoms with van der Waals surface area (Å²) < 4.78 is 10.7. The number of nitrogens with zero attached hydrogens (tertiary/aromatic N) is 1. The Labute approximate surface area is 186 Å². The number of aromatic nitrogens is 1. The van der Waals surface area contributed by atoms with Crippen LogP contribution >= 0.6 is 0 Å². The fourth-order valence-electron chi connectivity index (χ4n) is 4.58. The van der Waals surface area contributed by atoms with Gasteiger partial charge in [-0.2, -0.15) is 0 Å². The van der Waals surface area contributed by atoms with Crippen LogP contribution in [-0.4, -0.2) is 41.6 Å². The van der Waals surface area contributed by atoms with Gasteiger partial charge >= 0.3 is 0 Å². The molecule has 5 rings (SSSR count). The molecule has 1 fully saturated rings. The lowest BCUT2D eigenvalue weighted by atomic mass is 9.84. The number of rotatable bonds is 5. The molecular formula is C25H27N3O4. The second-order valence-corrected chi connectivity index (χ2v) is 8.59. The third kappa shape index (κ3) is 4.02. The largest absolute Gasteiger partial charge is 0.454 e. The van der Waals surface area contributed by atoms with E-state index in [4.69, 9.17) is 9.47 Å². The number of piperidine rings is 1. The van der Waals surface area contributed by atoms with Gasteiger partial charge in [0.25, 0.3) is 5.91 Å². The maximum atomic E-state index is 12.9. The van der Waals surface area contributed by atoms with Crippen molar-refractivity contribution in [2.24, 2.45) is 11.8 Å². The van der Waals surface area contributed by atoms with Crippen LogP contribution in [0.15, 0.2) is 48.5 Å². The predicted octanol–water partition coefficient (Wildman–Crippen LogP) is 3.70. The van der Waals surface area contributed by atoms with Crippen molar-refractivity contribution < 1.29 is 19.1 Å². The molecule has 1 saturated heterocycles. The number of carbonyl (C=O) groups excluding carboxylic acids is 2. The van der Waals surface area contributed by atoms with Crippen molar-refractivity contribution in [3.8, 4) is 11.5 Å². The van der Waals surface area contributed by atoms with Crippen molar-refractivity contribution in [3.63, 3.8) is 0 Å². The summed E-state index contributed by atoms with van der Waals surface area (Å²) in [6.45, 7) is 4.01. The Kier molecular flexibility index (Phi) is 5.47. The number of ether oxygens (including phenoxy) is 2. The van der Waals surface area contributed by atoms with Crippen molar-refractivity contribution in [3.05, 3.63) is 59.8 Å². The Morgan fingerprint density at radius 3 is 2.69 bits per heavy atom. The third-order valence-electron chi connectivity index (χ3n) is 6.61. The van der Waals surface area contributed by atoms with E-state index in [2.05, 4.69) is 10.3 Å². The second-order valence-electron chi connectivity index (χ2n) is 8.59. The Bertz CT molecular complexity index is 1110. The molecule has 0 spiro atoms. The van der Waals surface area contributed by atoms with E-state index in [0.29, 0.717) is 25.3 Å². The van der Waals surface area contributed by atoms with Gasteiger partial charge in [-0.3, -0.25) is 9.59 Å². The highest BCUT2D eigenvalue weighted by Gasteiger charge is 2.30. The van der Waals surface area contributed by atoms with E-state index in [-0.39, 0.29) is 30.4 Å². The SMILES string of the molecule is C[C@H](C(=O)NCc1ccc2c(c1)OCO2)C1CCN(C(=O)c2cc3ccccc3[nH]2)CC1. The van der Waals surface area contributed by atoms with E-state index in [0.717, 1.165) is 40.8 Å². The highest BCUT2D eigenvalue weighted by Crippen LogP contribution is 2.32. The van der Waals surface area contributed by atoms with Crippen LogP contribution < -0.4 is 14.8 Å². The van der Waals surface area contributed by atoms with Crippen LogP contribution in [0.2, 0.25) is 0 Å². The van der Waals surface area contributed by atoms with E-state index in [1.165, 1.54) is 0 Å². The number of aromatic amines is 1. The molecule has 2 aromatic carbocycles. The minimum atomic E-state index is -0.102. The van der Waals surface area contributed by atoms with Gasteiger partial charge in [0.05, 0.1) is 0 Å². The summed E-state index contributed by atoms with van der Waals surface area (Å²) in [7, 11) is 0. The lowest BCUT2D eigenvalue weighted by molar-refractivity contribution is -0.126. The van der Waals surface area contributed by atoms with Crippen LogP contribution in [0.1, 0.15) is 35.8 Å². The average Bonchev–Trinajstić information content (AvgIpc) is 3.48. The molecule has 2 aliphatic heterocycles. The number of likely N-dealkylation sites (tertiary alicyclic amines) is 1. The molecule has 2 N–H and O–H groups in total. The average molecular weight is 434 g/mol. The van der Waals surface area contributed by atoms with Crippen LogP contribution in [0.25, 0.3) is 10.9 Å². The van der Waals surface area contributed by atoms with Gasteiger partial charge in [0.15, 0.2) is 11.5 Å². The lowest BCUT2D eigenvalue weighted by Crippen LogP contribution is -2.42. The normalized spacial score (nSPS) is 16.8. The van der Waals surface area contributed by atoms with Crippen LogP contribution in [0, 0.1) is 11.8 Å². The second kappa shape index (κ2) is 8.57. The summed E-state index contributed by atoms with van der Waals surface area (Å²) in [4.78, 5) is 30.8. The van der Waals surface area contributed by atoms with Gasteiger partial charge in [-0.25, -0.2) is 0 Å². The number of fused-ring (bicyclic) bond motifs is 2. The quantitative estimate of drug-likeness (QED) is 0.643. The van der Waals surface area contributed by atoms with Crippen LogP contribution in [0.3, 0.4) is 0 Å². The Morgan fingerprint density at radius 2 is 1.88 bits per heavy atom. The minimum absolute atomic E-state index is 0.0274. The summed E-state index contributed by atoms with van der Waals surface area (Å²) >= 11 is 0. The maximum absolute atomic E-state index is 12.9. The molecule has 166 valence electrons. The van der Waals surface area contributed by atoms with E-state index >= 15 is 0 Å². The molecule has 2 amide bonds. The van der Waals surface area contributed by atoms with E-state index in [1.54, 1.807) is 0 Å². The van der Waals surface area contributed by atoms with Gasteiger partial charge in [-0.1, -0.05) is 31.2 Å². The van der Waals surface area contributed by atoms with Gasteiger partial charge in [0.2, 0.25) is 12.7 Å². The monoisotopic (exact) mass is 433 g/mol. The summed E-state index contributed by atoms with van der Waals surface area (Å²) in [5.74, 6) is 1.69. The zero-order valence-electron chi connectivity index (χ0n) is 18.1. The number of hydrogen-bond acceptors (Lipinski definition) is 4. The Balaban J connectivity index is 1.13. The van der Waals surface area contributed by atoms with Gasteiger partial charge in [0.1, 0.15) is 5.69 Å². The molecule has 1 aromatic heterocycles. The molecule has 1 atom stereocenters. The van der Waals surface area contributed by atoms with E-state index in [9.17, 15) is 9.59 Å². The first-order valence-corrected chi connectivity index (χ1v) is 11.1. The zero-order chi connectivity index (χ0) is 22.1. The van der Waals surface area contributed by atoms with Gasteiger partial charge in [-0.05, 0) is 48.6 Å². The number of amides is 2. The highest BCUT2D eigenvalue weighted by atomic mass is 16.7. The number of para-hydroxylation sites is 1. The maximum Gasteiger partial charge on any atom is 0.270 e. The number of H-pyrrole nitrogens is 1. The molecule has 32 heavy (non-hydrogen) atoms. The summed E-state index contributed by atoms with van der Waals surface area (Å²) in [5, 5.41) is 4.08. The Morgan fingerprint density at radius 1 is 1.09 bits per heavy atom. The summed E-state index contributed by atoms with van der Waals surface area (Å²) in [6, 6.07) is 15.5. The molecule has 0 radical (unpaired) electrons. The van der Waals surface area contributed by atoms with Gasteiger partial charge in [-0.15, -0.1) is 0 Å². The molecule has 7 nitrogen and oxygen atoms in total. The smallest absolute Gasteiger partial charge is 0.270 e. The molecule has 0 unspecified atom stereocenters. The van der Waals surface area contributed by atoms with Gasteiger partial charge < -0.3 is 24.7 Å². The molecule has 2 aliphatic rings. The fourth-order valence-corrected chi connectivity index (χ4v) is 4.58. The summed E-state index contributed by atoms with van der Waals surface area (Å²) in [5.41, 5.74) is 2.58.